The Morgan fingerprint density at radius 3 is 2.60 bits per heavy atom. The summed E-state index contributed by atoms with van der Waals surface area (Å²) in [6.45, 7) is 5.98. The zero-order valence-electron chi connectivity index (χ0n) is 12.0. The first-order valence-corrected chi connectivity index (χ1v) is 6.94. The first kappa shape index (κ1) is 16.4. The molecule has 2 rings (SSSR count). The molecule has 2 aromatic rings. The number of pyridine rings is 1. The zero-order chi connectivity index (χ0) is 15.0. The maximum atomic E-state index is 12.5. The van der Waals surface area contributed by atoms with Gasteiger partial charge in [0.2, 0.25) is 5.95 Å². The van der Waals surface area contributed by atoms with E-state index in [1.165, 1.54) is 17.3 Å². The Kier molecular flexibility index (Phi) is 6.96. The Morgan fingerprint density at radius 1 is 1.30 bits per heavy atom. The van der Waals surface area contributed by atoms with E-state index < -0.39 is 0 Å². The van der Waals surface area contributed by atoms with Gasteiger partial charge in [-0.25, -0.2) is 4.98 Å². The lowest BCUT2D eigenvalue weighted by Gasteiger charge is -1.99. The summed E-state index contributed by atoms with van der Waals surface area (Å²) in [7, 11) is 0. The third-order valence-electron chi connectivity index (χ3n) is 2.80. The molecule has 0 fully saturated rings. The van der Waals surface area contributed by atoms with E-state index in [-0.39, 0.29) is 5.95 Å². The fourth-order valence-electron chi connectivity index (χ4n) is 1.65. The van der Waals surface area contributed by atoms with Gasteiger partial charge in [-0.2, -0.15) is 4.39 Å². The molecule has 1 heterocycles. The van der Waals surface area contributed by atoms with Gasteiger partial charge in [0.1, 0.15) is 0 Å². The molecule has 0 aliphatic rings. The molecule has 0 saturated carbocycles. The van der Waals surface area contributed by atoms with Gasteiger partial charge in [0.25, 0.3) is 0 Å². The lowest BCUT2D eigenvalue weighted by atomic mass is 10.1. The summed E-state index contributed by atoms with van der Waals surface area (Å²) >= 11 is 5.82. The van der Waals surface area contributed by atoms with Crippen LogP contribution in [0.25, 0.3) is 6.08 Å². The molecule has 106 valence electrons. The van der Waals surface area contributed by atoms with Crippen LogP contribution in [0.1, 0.15) is 30.5 Å². The van der Waals surface area contributed by atoms with Crippen LogP contribution >= 0.6 is 11.6 Å². The molecule has 0 aliphatic heterocycles. The van der Waals surface area contributed by atoms with E-state index in [9.17, 15) is 4.39 Å². The molecule has 0 N–H and O–H groups in total. The molecule has 1 nitrogen and oxygen atoms in total. The second kappa shape index (κ2) is 8.49. The van der Waals surface area contributed by atoms with Crippen molar-refractivity contribution < 1.29 is 4.39 Å². The lowest BCUT2D eigenvalue weighted by Crippen LogP contribution is -1.88. The van der Waals surface area contributed by atoms with Crippen molar-refractivity contribution in [1.29, 1.82) is 0 Å². The minimum atomic E-state index is -0.347. The Morgan fingerprint density at radius 2 is 2.05 bits per heavy atom. The monoisotopic (exact) mass is 291 g/mol. The molecule has 0 bridgehead atoms. The fraction of sp³-hybridized carbons (Fsp3) is 0.235. The molecule has 0 amide bonds. The normalized spacial score (nSPS) is 10.2. The maximum Gasteiger partial charge on any atom is 0.216 e. The molecular formula is C17H19ClFN. The van der Waals surface area contributed by atoms with Crippen molar-refractivity contribution in [1.82, 2.24) is 4.98 Å². The number of hydrogen-bond acceptors (Lipinski definition) is 1. The number of aromatic nitrogens is 1. The predicted molar refractivity (Wildman–Crippen MR) is 84.5 cm³/mol. The first-order valence-electron chi connectivity index (χ1n) is 6.56. The maximum absolute atomic E-state index is 12.5. The average molecular weight is 292 g/mol. The molecule has 1 aromatic carbocycles. The molecule has 3 heteroatoms. The van der Waals surface area contributed by atoms with Crippen LogP contribution in [0.5, 0.6) is 0 Å². The van der Waals surface area contributed by atoms with Crippen LogP contribution in [0.2, 0.25) is 5.02 Å². The number of rotatable bonds is 2. The largest absolute Gasteiger partial charge is 0.228 e. The average Bonchev–Trinajstić information content (AvgIpc) is 2.44. The van der Waals surface area contributed by atoms with Gasteiger partial charge in [-0.1, -0.05) is 42.8 Å². The summed E-state index contributed by atoms with van der Waals surface area (Å²) in [4.78, 5) is 3.48. The van der Waals surface area contributed by atoms with E-state index in [4.69, 9.17) is 11.6 Å². The minimum Gasteiger partial charge on any atom is -0.228 e. The van der Waals surface area contributed by atoms with Crippen molar-refractivity contribution in [2.24, 2.45) is 0 Å². The van der Waals surface area contributed by atoms with Gasteiger partial charge in [0.15, 0.2) is 0 Å². The number of halogens is 2. The smallest absolute Gasteiger partial charge is 0.216 e. The SMILES string of the molecule is C/C=C\c1cc(Cl)ccc1C.CCc1cccnc1F. The number of allylic oxidation sites excluding steroid dienone is 1. The van der Waals surface area contributed by atoms with E-state index in [0.29, 0.717) is 12.0 Å². The van der Waals surface area contributed by atoms with Crippen LogP contribution in [-0.2, 0) is 6.42 Å². The summed E-state index contributed by atoms with van der Waals surface area (Å²) in [6.07, 6.45) is 6.23. The van der Waals surface area contributed by atoms with E-state index in [2.05, 4.69) is 18.0 Å². The highest BCUT2D eigenvalue weighted by Gasteiger charge is 1.95. The van der Waals surface area contributed by atoms with Crippen LogP contribution in [0.4, 0.5) is 4.39 Å². The highest BCUT2D eigenvalue weighted by atomic mass is 35.5. The Hall–Kier alpha value is -1.67. The van der Waals surface area contributed by atoms with Crippen molar-refractivity contribution in [2.75, 3.05) is 0 Å². The van der Waals surface area contributed by atoms with Crippen molar-refractivity contribution in [3.63, 3.8) is 0 Å². The number of nitrogens with zero attached hydrogens (tertiary/aromatic N) is 1. The first-order chi connectivity index (χ1) is 9.58. The molecule has 0 saturated heterocycles. The highest BCUT2D eigenvalue weighted by molar-refractivity contribution is 6.30. The van der Waals surface area contributed by atoms with Crippen molar-refractivity contribution >= 4 is 17.7 Å². The zero-order valence-corrected chi connectivity index (χ0v) is 12.8. The third kappa shape index (κ3) is 5.14. The summed E-state index contributed by atoms with van der Waals surface area (Å²) in [5.41, 5.74) is 3.13. The molecule has 0 atom stereocenters. The van der Waals surface area contributed by atoms with Gasteiger partial charge in [0, 0.05) is 16.8 Å². The van der Waals surface area contributed by atoms with E-state index in [1.54, 1.807) is 12.1 Å². The number of aryl methyl sites for hydroxylation is 2. The van der Waals surface area contributed by atoms with Crippen LogP contribution in [-0.4, -0.2) is 4.98 Å². The van der Waals surface area contributed by atoms with Crippen LogP contribution < -0.4 is 0 Å². The Labute approximate surface area is 125 Å². The van der Waals surface area contributed by atoms with Gasteiger partial charge < -0.3 is 0 Å². The van der Waals surface area contributed by atoms with E-state index in [1.807, 2.05) is 38.1 Å². The quantitative estimate of drug-likeness (QED) is 0.669. The van der Waals surface area contributed by atoms with Gasteiger partial charge in [0.05, 0.1) is 0 Å². The molecule has 0 radical (unpaired) electrons. The van der Waals surface area contributed by atoms with Crippen LogP contribution in [0.15, 0.2) is 42.6 Å². The van der Waals surface area contributed by atoms with Gasteiger partial charge >= 0.3 is 0 Å². The van der Waals surface area contributed by atoms with Crippen molar-refractivity contribution in [3.8, 4) is 0 Å². The molecule has 20 heavy (non-hydrogen) atoms. The minimum absolute atomic E-state index is 0.347. The summed E-state index contributed by atoms with van der Waals surface area (Å²) < 4.78 is 12.5. The number of benzene rings is 1. The summed E-state index contributed by atoms with van der Waals surface area (Å²) in [5, 5.41) is 0.795. The fourth-order valence-corrected chi connectivity index (χ4v) is 1.83. The standard InChI is InChI=1S/C10H11Cl.C7H8FN/c1-3-4-9-7-10(11)6-5-8(9)2;1-2-6-4-3-5-9-7(6)8/h3-7H,1-2H3;3-5H,2H2,1H3/b4-3-;. The second-order valence-electron chi connectivity index (χ2n) is 4.31. The second-order valence-corrected chi connectivity index (χ2v) is 4.74. The topological polar surface area (TPSA) is 12.9 Å². The molecular weight excluding hydrogens is 273 g/mol. The summed E-state index contributed by atoms with van der Waals surface area (Å²) in [5.74, 6) is -0.347. The molecule has 1 aromatic heterocycles. The van der Waals surface area contributed by atoms with E-state index in [0.717, 1.165) is 5.02 Å². The predicted octanol–water partition coefficient (Wildman–Crippen LogP) is 5.46. The highest BCUT2D eigenvalue weighted by Crippen LogP contribution is 2.16. The van der Waals surface area contributed by atoms with Crippen LogP contribution in [0.3, 0.4) is 0 Å². The molecule has 0 aliphatic carbocycles. The molecule has 0 spiro atoms. The van der Waals surface area contributed by atoms with Crippen LogP contribution in [0, 0.1) is 12.9 Å². The number of hydrogen-bond donors (Lipinski definition) is 0. The van der Waals surface area contributed by atoms with Crippen molar-refractivity contribution in [3.05, 3.63) is 70.3 Å². The third-order valence-corrected chi connectivity index (χ3v) is 3.04. The lowest BCUT2D eigenvalue weighted by molar-refractivity contribution is 0.568. The van der Waals surface area contributed by atoms with E-state index >= 15 is 0 Å². The molecule has 0 unspecified atom stereocenters. The Bertz CT molecular complexity index is 579. The Balaban J connectivity index is 0.000000204. The van der Waals surface area contributed by atoms with Gasteiger partial charge in [-0.05, 0) is 49.6 Å². The van der Waals surface area contributed by atoms with Crippen molar-refractivity contribution in [2.45, 2.75) is 27.2 Å². The summed E-state index contributed by atoms with van der Waals surface area (Å²) in [6, 6.07) is 9.38. The van der Waals surface area contributed by atoms with Gasteiger partial charge in [-0.15, -0.1) is 0 Å². The van der Waals surface area contributed by atoms with Gasteiger partial charge in [-0.3, -0.25) is 0 Å².